The van der Waals surface area contributed by atoms with E-state index in [1.807, 2.05) is 0 Å². The molecule has 1 aromatic rings. The summed E-state index contributed by atoms with van der Waals surface area (Å²) in [5.41, 5.74) is 5.24. The van der Waals surface area contributed by atoms with Crippen LogP contribution < -0.4 is 5.73 Å². The number of aliphatic hydroxyl groups excluding tert-OH is 1. The lowest BCUT2D eigenvalue weighted by molar-refractivity contribution is 0.141. The summed E-state index contributed by atoms with van der Waals surface area (Å²) in [6, 6.07) is 0. The molecule has 16 heavy (non-hydrogen) atoms. The molecule has 1 saturated heterocycles. The fraction of sp³-hybridized carbons (Fsp3) is 0.750. The van der Waals surface area contributed by atoms with Crippen LogP contribution in [0.2, 0.25) is 0 Å². The van der Waals surface area contributed by atoms with Crippen LogP contribution in [-0.2, 0) is 9.84 Å². The van der Waals surface area contributed by atoms with E-state index in [2.05, 4.69) is 10.1 Å². The number of hydrogen-bond acceptors (Lipinski definition) is 7. The predicted octanol–water partition coefficient (Wildman–Crippen LogP) is -1.04. The largest absolute Gasteiger partial charge is 0.382 e. The lowest BCUT2D eigenvalue weighted by atomic mass is 10.1. The monoisotopic (exact) mass is 247 g/mol. The highest BCUT2D eigenvalue weighted by molar-refractivity contribution is 7.91. The van der Waals surface area contributed by atoms with Gasteiger partial charge in [-0.2, -0.15) is 4.98 Å². The zero-order chi connectivity index (χ0) is 11.8. The fourth-order valence-corrected chi connectivity index (χ4v) is 3.39. The first-order valence-corrected chi connectivity index (χ1v) is 6.76. The number of sulfone groups is 1. The quantitative estimate of drug-likeness (QED) is 0.700. The first-order chi connectivity index (χ1) is 7.52. The van der Waals surface area contributed by atoms with Gasteiger partial charge < -0.3 is 15.4 Å². The van der Waals surface area contributed by atoms with Crippen LogP contribution in [0.4, 0.5) is 0 Å². The fourth-order valence-electron chi connectivity index (χ4n) is 1.65. The molecule has 90 valence electrons. The summed E-state index contributed by atoms with van der Waals surface area (Å²) in [6.45, 7) is -0.00933. The smallest absolute Gasteiger partial charge is 0.256 e. The number of rotatable bonds is 3. The molecule has 0 saturated carbocycles. The zero-order valence-corrected chi connectivity index (χ0v) is 9.35. The molecule has 7 nitrogen and oxygen atoms in total. The molecule has 3 N–H and O–H groups in total. The van der Waals surface area contributed by atoms with Crippen molar-refractivity contribution in [1.29, 1.82) is 0 Å². The van der Waals surface area contributed by atoms with Crippen molar-refractivity contribution < 1.29 is 18.0 Å². The van der Waals surface area contributed by atoms with Crippen molar-refractivity contribution in [2.24, 2.45) is 5.73 Å². The number of hydrogen-bond donors (Lipinski definition) is 2. The second-order valence-electron chi connectivity index (χ2n) is 3.84. The summed E-state index contributed by atoms with van der Waals surface area (Å²) in [5.74, 6) is 0.351. The molecule has 0 aromatic carbocycles. The van der Waals surface area contributed by atoms with Crippen molar-refractivity contribution in [1.82, 2.24) is 10.1 Å². The van der Waals surface area contributed by atoms with Gasteiger partial charge in [0.2, 0.25) is 0 Å². The molecule has 2 heterocycles. The summed E-state index contributed by atoms with van der Waals surface area (Å²) in [7, 11) is -2.97. The molecule has 0 bridgehead atoms. The normalized spacial score (nSPS) is 25.8. The Labute approximate surface area is 92.6 Å². The third-order valence-corrected chi connectivity index (χ3v) is 4.33. The maximum absolute atomic E-state index is 11.3. The number of nitrogens with zero attached hydrogens (tertiary/aromatic N) is 2. The van der Waals surface area contributed by atoms with Gasteiger partial charge in [-0.3, -0.25) is 0 Å². The number of nitrogens with two attached hydrogens (primary N) is 1. The molecule has 0 amide bonds. The Bertz CT molecular complexity index is 469. The standard InChI is InChI=1S/C8H13N3O4S/c9-3-6(12)8-10-7(11-15-8)5-1-2-16(13,14)4-5/h5-6,12H,1-4,9H2/t5?,6-/m0/s1. The van der Waals surface area contributed by atoms with Gasteiger partial charge in [-0.25, -0.2) is 8.42 Å². The van der Waals surface area contributed by atoms with Crippen LogP contribution in [-0.4, -0.2) is 41.7 Å². The van der Waals surface area contributed by atoms with E-state index in [1.54, 1.807) is 0 Å². The predicted molar refractivity (Wildman–Crippen MR) is 54.3 cm³/mol. The van der Waals surface area contributed by atoms with Gasteiger partial charge in [0, 0.05) is 12.5 Å². The Kier molecular flexibility index (Phi) is 2.96. The van der Waals surface area contributed by atoms with E-state index in [9.17, 15) is 13.5 Å². The van der Waals surface area contributed by atoms with E-state index in [-0.39, 0.29) is 29.9 Å². The van der Waals surface area contributed by atoms with Crippen LogP contribution in [0.3, 0.4) is 0 Å². The van der Waals surface area contributed by atoms with Crippen LogP contribution in [0.1, 0.15) is 30.2 Å². The van der Waals surface area contributed by atoms with Gasteiger partial charge >= 0.3 is 0 Å². The molecule has 0 spiro atoms. The van der Waals surface area contributed by atoms with Crippen LogP contribution in [0.5, 0.6) is 0 Å². The summed E-state index contributed by atoms with van der Waals surface area (Å²) in [6.07, 6.45) is -0.487. The number of aromatic nitrogens is 2. The van der Waals surface area contributed by atoms with Crippen molar-refractivity contribution in [3.8, 4) is 0 Å². The highest BCUT2D eigenvalue weighted by atomic mass is 32.2. The Morgan fingerprint density at radius 1 is 1.62 bits per heavy atom. The van der Waals surface area contributed by atoms with Crippen LogP contribution in [0, 0.1) is 0 Å². The molecule has 2 rings (SSSR count). The van der Waals surface area contributed by atoms with Crippen LogP contribution in [0.15, 0.2) is 4.52 Å². The molecule has 2 atom stereocenters. The molecule has 1 unspecified atom stereocenters. The average Bonchev–Trinajstić information content (AvgIpc) is 2.83. The summed E-state index contributed by atoms with van der Waals surface area (Å²) in [5, 5.41) is 13.0. The van der Waals surface area contributed by atoms with Gasteiger partial charge in [0.15, 0.2) is 15.7 Å². The molecule has 0 radical (unpaired) electrons. The van der Waals surface area contributed by atoms with E-state index in [0.29, 0.717) is 12.2 Å². The van der Waals surface area contributed by atoms with Crippen molar-refractivity contribution in [3.63, 3.8) is 0 Å². The van der Waals surface area contributed by atoms with Gasteiger partial charge in [-0.1, -0.05) is 5.16 Å². The maximum atomic E-state index is 11.3. The molecule has 1 fully saturated rings. The highest BCUT2D eigenvalue weighted by Crippen LogP contribution is 2.27. The minimum atomic E-state index is -2.97. The van der Waals surface area contributed by atoms with Crippen molar-refractivity contribution in [2.45, 2.75) is 18.4 Å². The lowest BCUT2D eigenvalue weighted by Crippen LogP contribution is -2.12. The molecule has 1 aromatic heterocycles. The minimum absolute atomic E-state index is 0.00933. The lowest BCUT2D eigenvalue weighted by Gasteiger charge is -2.00. The van der Waals surface area contributed by atoms with Crippen molar-refractivity contribution in [3.05, 3.63) is 11.7 Å². The summed E-state index contributed by atoms with van der Waals surface area (Å²) in [4.78, 5) is 3.96. The minimum Gasteiger partial charge on any atom is -0.382 e. The SMILES string of the molecule is NC[C@H](O)c1nc(C2CCS(=O)(=O)C2)no1. The highest BCUT2D eigenvalue weighted by Gasteiger charge is 2.32. The van der Waals surface area contributed by atoms with E-state index in [4.69, 9.17) is 10.3 Å². The topological polar surface area (TPSA) is 119 Å². The van der Waals surface area contributed by atoms with Gasteiger partial charge in [0.1, 0.15) is 6.10 Å². The summed E-state index contributed by atoms with van der Waals surface area (Å²) < 4.78 is 27.3. The van der Waals surface area contributed by atoms with Crippen LogP contribution in [0.25, 0.3) is 0 Å². The molecule has 1 aliphatic rings. The van der Waals surface area contributed by atoms with Gasteiger partial charge in [-0.05, 0) is 6.42 Å². The third kappa shape index (κ3) is 2.23. The maximum Gasteiger partial charge on any atom is 0.256 e. The molecule has 0 aliphatic carbocycles. The Morgan fingerprint density at radius 2 is 2.38 bits per heavy atom. The second-order valence-corrected chi connectivity index (χ2v) is 6.07. The first kappa shape index (κ1) is 11.5. The van der Waals surface area contributed by atoms with Gasteiger partial charge in [0.05, 0.1) is 11.5 Å². The van der Waals surface area contributed by atoms with E-state index >= 15 is 0 Å². The second kappa shape index (κ2) is 4.11. The van der Waals surface area contributed by atoms with E-state index < -0.39 is 15.9 Å². The average molecular weight is 247 g/mol. The first-order valence-electron chi connectivity index (χ1n) is 4.94. The Morgan fingerprint density at radius 3 is 2.94 bits per heavy atom. The van der Waals surface area contributed by atoms with Gasteiger partial charge in [0.25, 0.3) is 5.89 Å². The van der Waals surface area contributed by atoms with E-state index in [1.165, 1.54) is 0 Å². The van der Waals surface area contributed by atoms with Crippen molar-refractivity contribution in [2.75, 3.05) is 18.1 Å². The summed E-state index contributed by atoms with van der Waals surface area (Å²) >= 11 is 0. The Hall–Kier alpha value is -0.990. The number of aliphatic hydroxyl groups is 1. The van der Waals surface area contributed by atoms with E-state index in [0.717, 1.165) is 0 Å². The van der Waals surface area contributed by atoms with Crippen molar-refractivity contribution >= 4 is 9.84 Å². The third-order valence-electron chi connectivity index (χ3n) is 2.56. The molecule has 1 aliphatic heterocycles. The zero-order valence-electron chi connectivity index (χ0n) is 8.54. The molecule has 8 heteroatoms. The Balaban J connectivity index is 2.14. The van der Waals surface area contributed by atoms with Gasteiger partial charge in [-0.15, -0.1) is 0 Å². The molecular formula is C8H13N3O4S. The molecular weight excluding hydrogens is 234 g/mol. The van der Waals surface area contributed by atoms with Crippen LogP contribution >= 0.6 is 0 Å².